The number of carbonyl (C=O) groups is 2. The predicted molar refractivity (Wildman–Crippen MR) is 518 cm³/mol. The lowest BCUT2D eigenvalue weighted by Gasteiger charge is -2.55. The number of rotatable bonds is 19. The molecule has 0 amide bonds. The van der Waals surface area contributed by atoms with Crippen LogP contribution in [0.1, 0.15) is 134 Å². The minimum Gasteiger partial charge on any atom is -1.00 e. The fourth-order valence-electron chi connectivity index (χ4n) is 16.0. The molecule has 8 aromatic carbocycles. The van der Waals surface area contributed by atoms with Crippen LogP contribution >= 0.6 is 181 Å². The summed E-state index contributed by atoms with van der Waals surface area (Å²) in [4.78, 5) is 34.3. The largest absolute Gasteiger partial charge is 1.00 e. The van der Waals surface area contributed by atoms with Gasteiger partial charge in [0.25, 0.3) is 11.8 Å². The SMILES string of the molecule is CC(F)(F)COC(=O)C12CC3CC(CC(C3)C1)C2.CC(F)(F)COC(=O)C12CC3CC(CC(C3)C1)C2.CCC(CC)CC.F.Ic1ccc([S+](c2ccc(I)cc2)c2ccc(I)cc2)cc1.Ic1ccc([S+](c2ccc(I)cc2)c2ccc(I)cc2)cc1.O=S(=O)(OS(=O)(=O)C(F)(F)F)C(F)(F)F.O=S(c1ccc(I)cc1)c1ccc(I)cc1.[2H-].[3H][O-]. The van der Waals surface area contributed by atoms with E-state index in [1.807, 2.05) is 52.2 Å². The van der Waals surface area contributed by atoms with Gasteiger partial charge in [0.05, 0.1) is 43.4 Å². The molecule has 0 heterocycles. The van der Waals surface area contributed by atoms with E-state index in [0.29, 0.717) is 35.5 Å². The van der Waals surface area contributed by atoms with Gasteiger partial charge in [-0.3, -0.25) is 14.3 Å². The summed E-state index contributed by atoms with van der Waals surface area (Å²) in [5.74, 6) is -1.78. The number of esters is 2. The van der Waals surface area contributed by atoms with Gasteiger partial charge in [0, 0.05) is 52.2 Å². The van der Waals surface area contributed by atoms with E-state index in [0.717, 1.165) is 75.2 Å². The summed E-state index contributed by atoms with van der Waals surface area (Å²) in [5.41, 5.74) is -5.85. The second-order valence-electron chi connectivity index (χ2n) is 30.2. The second kappa shape index (κ2) is 47.8. The van der Waals surface area contributed by atoms with Crippen molar-refractivity contribution in [2.24, 2.45) is 52.3 Å². The molecule has 8 aliphatic rings. The fraction of sp³-hybridized carbons (Fsp3) is 0.412. The van der Waals surface area contributed by atoms with E-state index in [1.165, 1.54) is 109 Å². The Morgan fingerprint density at radius 2 is 0.575 bits per heavy atom. The highest BCUT2D eigenvalue weighted by Crippen LogP contribution is 2.62. The maximum Gasteiger partial charge on any atom is 0.524 e. The third-order valence-corrected chi connectivity index (χ3v) is 34.9. The van der Waals surface area contributed by atoms with Crippen LogP contribution in [0.25, 0.3) is 0 Å². The van der Waals surface area contributed by atoms with Crippen LogP contribution in [0.2, 0.25) is 0 Å². The summed E-state index contributed by atoms with van der Waals surface area (Å²) in [6.07, 6.45) is 16.7. The molecule has 8 bridgehead atoms. The number of halogens is 19. The molecule has 11 nitrogen and oxygen atoms in total. The average molecular weight is 2680 g/mol. The quantitative estimate of drug-likeness (QED) is 0.0247. The van der Waals surface area contributed by atoms with E-state index >= 15 is 0 Å². The Balaban J connectivity index is 0.000000255. The minimum absolute atomic E-state index is 0. The van der Waals surface area contributed by atoms with Gasteiger partial charge in [-0.05, 0) is 493 Å². The summed E-state index contributed by atoms with van der Waals surface area (Å²) in [6, 6.07) is 68.8. The van der Waals surface area contributed by atoms with Gasteiger partial charge in [0.2, 0.25) is 0 Å². The first kappa shape index (κ1) is 105. The zero-order valence-electron chi connectivity index (χ0n) is 67.3. The molecule has 0 atom stereocenters. The number of carbonyl (C=O) groups excluding carboxylic acids is 2. The number of ether oxygens (including phenoxy) is 2. The van der Waals surface area contributed by atoms with Crippen molar-refractivity contribution in [1.29, 1.82) is 0 Å². The van der Waals surface area contributed by atoms with E-state index in [-0.39, 0.29) is 39.9 Å². The first-order chi connectivity index (χ1) is 56.2. The smallest absolute Gasteiger partial charge is 0.524 e. The maximum atomic E-state index is 12.8. The molecular weight excluding hydrogens is 2580 g/mol. The van der Waals surface area contributed by atoms with Gasteiger partial charge < -0.3 is 16.4 Å². The molecule has 8 saturated carbocycles. The van der Waals surface area contributed by atoms with Crippen LogP contribution < -0.4 is 0 Å². The Hall–Kier alpha value is -1.56. The lowest BCUT2D eigenvalue weighted by atomic mass is 9.49. The van der Waals surface area contributed by atoms with Crippen LogP contribution in [0.15, 0.2) is 233 Å². The monoisotopic (exact) mass is 2670 g/mol. The normalized spacial score (nSPS) is 20.6. The standard InChI is InChI=1S/2C18H12I3S.2C14H20F2O2.C12H8I2OS.C7H16.C2F6O5S2.FH.H2O.H/c2*19-13-1-7-16(8-2-13)22(17-9-3-14(20)4-10-17)18-11-5-15(21)6-12-18;2*1-13(15,16)8-18-12(17)14-5-9-2-10(6-14)4-11(3-9)7-14;13-9-1-5-11(6-2-9)16(15)12-7-3-10(14)4-8-12;1-4-7(5-2)6-3;3-1(4,5)14(9,10)13-15(11,12)2(6,7)8;;;/h2*1-12H;2*9-11H,2-8H2,1H3;1-8H;7H,4-6H2,1-3H3;;1H;1H2;/q2*+1;;;;;;;;-1/p-1/i;;;;;;;;;1+1/hT. The molecule has 8 fully saturated rings. The third kappa shape index (κ3) is 32.5. The van der Waals surface area contributed by atoms with Gasteiger partial charge in [-0.1, -0.05) is 40.0 Å². The van der Waals surface area contributed by atoms with E-state index in [4.69, 9.17) is 15.0 Å². The number of benzene rings is 8. The Kier molecular flexibility index (Phi) is 42.1. The van der Waals surface area contributed by atoms with Crippen molar-refractivity contribution >= 4 is 245 Å². The Morgan fingerprint density at radius 3 is 0.725 bits per heavy atom. The molecule has 0 aromatic heterocycles. The molecule has 660 valence electrons. The zero-order valence-corrected chi connectivity index (χ0v) is 86.6. The highest BCUT2D eigenvalue weighted by atomic mass is 127. The van der Waals surface area contributed by atoms with Crippen LogP contribution in [0.5, 0.6) is 0 Å². The van der Waals surface area contributed by atoms with Crippen molar-refractivity contribution in [3.63, 3.8) is 0 Å². The van der Waals surface area contributed by atoms with Crippen LogP contribution in [0, 0.1) is 80.8 Å². The van der Waals surface area contributed by atoms with Gasteiger partial charge in [0.1, 0.15) is 0 Å². The highest BCUT2D eigenvalue weighted by Gasteiger charge is 2.59. The van der Waals surface area contributed by atoms with Crippen LogP contribution in [-0.4, -0.2) is 74.5 Å². The van der Waals surface area contributed by atoms with Gasteiger partial charge in [-0.2, -0.15) is 43.2 Å². The summed E-state index contributed by atoms with van der Waals surface area (Å²) in [6.45, 7) is 6.83. The maximum absolute atomic E-state index is 12.8. The summed E-state index contributed by atoms with van der Waals surface area (Å²) in [5, 5.41) is 0. The predicted octanol–water partition coefficient (Wildman–Crippen LogP) is 27.7. The lowest BCUT2D eigenvalue weighted by Crippen LogP contribution is -2.51. The van der Waals surface area contributed by atoms with E-state index in [1.54, 1.807) is 0 Å². The molecular formula is C85H91F11I8O11S5. The fourth-order valence-corrected chi connectivity index (χ4v) is 25.5. The molecule has 0 unspecified atom stereocenters. The molecule has 8 aliphatic carbocycles. The van der Waals surface area contributed by atoms with Gasteiger partial charge in [-0.15, -0.1) is 5.06 Å². The van der Waals surface area contributed by atoms with Crippen molar-refractivity contribution in [3.05, 3.63) is 223 Å². The first-order valence-electron chi connectivity index (χ1n) is 38.0. The van der Waals surface area contributed by atoms with Crippen molar-refractivity contribution in [2.75, 3.05) is 13.2 Å². The van der Waals surface area contributed by atoms with Crippen molar-refractivity contribution in [1.82, 2.24) is 0 Å². The van der Waals surface area contributed by atoms with Crippen molar-refractivity contribution in [2.45, 2.75) is 193 Å². The topological polar surface area (TPSA) is 177 Å². The van der Waals surface area contributed by atoms with Gasteiger partial charge in [0.15, 0.2) is 42.6 Å². The van der Waals surface area contributed by atoms with Gasteiger partial charge >= 0.3 is 43.2 Å². The molecule has 1 N–H and O–H groups in total. The highest BCUT2D eigenvalue weighted by molar-refractivity contribution is 14.1. The van der Waals surface area contributed by atoms with E-state index < -0.39 is 77.9 Å². The minimum atomic E-state index is -6.85. The second-order valence-corrected chi connectivity index (χ2v) is 48.9. The molecule has 0 aliphatic heterocycles. The zero-order chi connectivity index (χ0) is 88.9. The molecule has 0 radical (unpaired) electrons. The number of hydrogen-bond donors (Lipinski definition) is 0. The number of alkyl halides is 10. The summed E-state index contributed by atoms with van der Waals surface area (Å²) >= 11 is 18.6. The lowest BCUT2D eigenvalue weighted by molar-refractivity contribution is -0.180. The molecule has 16 rings (SSSR count). The number of hydrogen-bond acceptors (Lipinski definition) is 11. The molecule has 35 heteroatoms. The van der Waals surface area contributed by atoms with E-state index in [2.05, 4.69) is 349 Å². The van der Waals surface area contributed by atoms with Gasteiger partial charge in [-0.25, -0.2) is 21.8 Å². The first-order valence-corrected chi connectivity index (χ1v) is 52.6. The van der Waals surface area contributed by atoms with Crippen LogP contribution in [0.4, 0.5) is 48.6 Å². The van der Waals surface area contributed by atoms with Crippen molar-refractivity contribution < 1.29 is 101 Å². The Morgan fingerprint density at radius 1 is 0.400 bits per heavy atom. The summed E-state index contributed by atoms with van der Waals surface area (Å²) in [7, 11) is -14.9. The molecule has 0 spiro atoms. The Bertz CT molecular complexity index is 4250. The third-order valence-electron chi connectivity index (χ3n) is 20.7. The van der Waals surface area contributed by atoms with E-state index in [9.17, 15) is 74.5 Å². The van der Waals surface area contributed by atoms with Crippen LogP contribution in [-0.2, 0) is 75.5 Å². The average Bonchev–Trinajstić information content (AvgIpc) is 0.744. The molecule has 120 heavy (non-hydrogen) atoms. The van der Waals surface area contributed by atoms with Crippen LogP contribution in [0.3, 0.4) is 0 Å². The Labute approximate surface area is 816 Å². The summed E-state index contributed by atoms with van der Waals surface area (Å²) < 4.78 is 198. The van der Waals surface area contributed by atoms with Crippen molar-refractivity contribution in [3.8, 4) is 0 Å². The molecule has 0 saturated heterocycles. The molecule has 8 aromatic rings.